The highest BCUT2D eigenvalue weighted by Crippen LogP contribution is 2.18. The number of benzene rings is 1. The first-order valence-electron chi connectivity index (χ1n) is 4.42. The van der Waals surface area contributed by atoms with E-state index in [-0.39, 0.29) is 4.90 Å². The van der Waals surface area contributed by atoms with E-state index in [0.29, 0.717) is 0 Å². The number of nitrogens with one attached hydrogen (secondary N) is 1. The fraction of sp³-hybridized carbons (Fsp3) is 0.222. The van der Waals surface area contributed by atoms with Gasteiger partial charge in [-0.15, -0.1) is 0 Å². The van der Waals surface area contributed by atoms with E-state index < -0.39 is 29.1 Å². The zero-order valence-electron chi connectivity index (χ0n) is 8.40. The second-order valence-electron chi connectivity index (χ2n) is 3.07. The fourth-order valence-electron chi connectivity index (χ4n) is 0.907. The predicted octanol–water partition coefficient (Wildman–Crippen LogP) is 0.715. The van der Waals surface area contributed by atoms with Gasteiger partial charge in [-0.25, -0.2) is 4.21 Å². The maximum atomic E-state index is 12.1. The molecule has 1 aromatic carbocycles. The number of carbonyl (C=O) groups excluding carboxylic acids is 1. The standard InChI is InChI=1S/C9H9F3N2O2S/c10-9(11,12)7(13)8(15)14-17(16)6-4-2-1-3-5-6/h1-5,7H,13H2,(H,14,15). The largest absolute Gasteiger partial charge is 0.412 e. The van der Waals surface area contributed by atoms with Crippen molar-refractivity contribution in [2.45, 2.75) is 17.1 Å². The molecule has 0 aliphatic heterocycles. The van der Waals surface area contributed by atoms with Crippen molar-refractivity contribution in [1.82, 2.24) is 4.72 Å². The van der Waals surface area contributed by atoms with Gasteiger partial charge in [-0.3, -0.25) is 9.52 Å². The Morgan fingerprint density at radius 1 is 1.29 bits per heavy atom. The predicted molar refractivity (Wildman–Crippen MR) is 55.0 cm³/mol. The van der Waals surface area contributed by atoms with Crippen LogP contribution in [-0.2, 0) is 15.8 Å². The van der Waals surface area contributed by atoms with Crippen molar-refractivity contribution in [1.29, 1.82) is 0 Å². The third-order valence-electron chi connectivity index (χ3n) is 1.79. The molecule has 2 atom stereocenters. The Balaban J connectivity index is 2.68. The van der Waals surface area contributed by atoms with Crippen molar-refractivity contribution in [3.05, 3.63) is 30.3 Å². The van der Waals surface area contributed by atoms with Crippen LogP contribution in [0.1, 0.15) is 0 Å². The highest BCUT2D eigenvalue weighted by atomic mass is 32.2. The number of hydrogen-bond acceptors (Lipinski definition) is 3. The number of amides is 1. The molecule has 17 heavy (non-hydrogen) atoms. The first kappa shape index (κ1) is 13.7. The summed E-state index contributed by atoms with van der Waals surface area (Å²) >= 11 is 0. The summed E-state index contributed by atoms with van der Waals surface area (Å²) in [6.07, 6.45) is -4.86. The number of nitrogens with two attached hydrogens (primary N) is 1. The lowest BCUT2D eigenvalue weighted by Gasteiger charge is -2.14. The van der Waals surface area contributed by atoms with E-state index >= 15 is 0 Å². The quantitative estimate of drug-likeness (QED) is 0.846. The lowest BCUT2D eigenvalue weighted by atomic mass is 10.3. The van der Waals surface area contributed by atoms with E-state index in [0.717, 1.165) is 0 Å². The third kappa shape index (κ3) is 3.82. The van der Waals surface area contributed by atoms with Gasteiger partial charge in [0.05, 0.1) is 4.90 Å². The molecular formula is C9H9F3N2O2S. The summed E-state index contributed by atoms with van der Waals surface area (Å²) in [5.41, 5.74) is 4.65. The summed E-state index contributed by atoms with van der Waals surface area (Å²) in [6, 6.07) is 4.87. The van der Waals surface area contributed by atoms with Gasteiger partial charge >= 0.3 is 6.18 Å². The molecule has 0 spiro atoms. The van der Waals surface area contributed by atoms with Gasteiger partial charge in [0.15, 0.2) is 17.0 Å². The lowest BCUT2D eigenvalue weighted by molar-refractivity contribution is -0.161. The second-order valence-corrected chi connectivity index (χ2v) is 4.28. The van der Waals surface area contributed by atoms with Crippen LogP contribution in [0.25, 0.3) is 0 Å². The Hall–Kier alpha value is -1.41. The van der Waals surface area contributed by atoms with Crippen molar-refractivity contribution in [2.75, 3.05) is 0 Å². The van der Waals surface area contributed by atoms with Gasteiger partial charge in [-0.05, 0) is 12.1 Å². The van der Waals surface area contributed by atoms with Crippen LogP contribution in [0.5, 0.6) is 0 Å². The molecule has 0 heterocycles. The fourth-order valence-corrected chi connectivity index (χ4v) is 1.74. The number of halogens is 3. The molecule has 8 heteroatoms. The zero-order valence-corrected chi connectivity index (χ0v) is 9.22. The summed E-state index contributed by atoms with van der Waals surface area (Å²) < 4.78 is 49.3. The third-order valence-corrected chi connectivity index (χ3v) is 2.87. The molecule has 94 valence electrons. The molecule has 1 rings (SSSR count). The van der Waals surface area contributed by atoms with Gasteiger partial charge in [-0.2, -0.15) is 13.2 Å². The summed E-state index contributed by atoms with van der Waals surface area (Å²) in [6.45, 7) is 0. The number of carbonyl (C=O) groups is 1. The van der Waals surface area contributed by atoms with Crippen LogP contribution in [0.3, 0.4) is 0 Å². The highest BCUT2D eigenvalue weighted by molar-refractivity contribution is 7.83. The van der Waals surface area contributed by atoms with Crippen LogP contribution in [0.2, 0.25) is 0 Å². The van der Waals surface area contributed by atoms with Gasteiger partial charge in [-0.1, -0.05) is 18.2 Å². The molecule has 4 nitrogen and oxygen atoms in total. The first-order valence-corrected chi connectivity index (χ1v) is 5.57. The SMILES string of the molecule is NC(C(=O)NS(=O)c1ccccc1)C(F)(F)F. The zero-order chi connectivity index (χ0) is 13.1. The van der Waals surface area contributed by atoms with Crippen molar-refractivity contribution in [3.63, 3.8) is 0 Å². The maximum Gasteiger partial charge on any atom is 0.412 e. The van der Waals surface area contributed by atoms with Gasteiger partial charge in [0.1, 0.15) is 0 Å². The van der Waals surface area contributed by atoms with Gasteiger partial charge in [0.2, 0.25) is 0 Å². The van der Waals surface area contributed by atoms with E-state index in [1.54, 1.807) is 22.9 Å². The van der Waals surface area contributed by atoms with Crippen LogP contribution in [0.4, 0.5) is 13.2 Å². The van der Waals surface area contributed by atoms with Gasteiger partial charge < -0.3 is 5.73 Å². The van der Waals surface area contributed by atoms with E-state index in [1.165, 1.54) is 12.1 Å². The summed E-state index contributed by atoms with van der Waals surface area (Å²) in [5, 5.41) is 0. The van der Waals surface area contributed by atoms with Crippen molar-refractivity contribution >= 4 is 16.9 Å². The molecule has 0 aromatic heterocycles. The minimum atomic E-state index is -4.86. The first-order chi connectivity index (χ1) is 7.82. The Morgan fingerprint density at radius 2 is 1.82 bits per heavy atom. The second kappa shape index (κ2) is 5.28. The number of rotatable bonds is 3. The summed E-state index contributed by atoms with van der Waals surface area (Å²) in [4.78, 5) is 11.2. The Kier molecular flexibility index (Phi) is 4.24. The number of alkyl halides is 3. The summed E-state index contributed by atoms with van der Waals surface area (Å²) in [7, 11) is -2.05. The smallest absolute Gasteiger partial charge is 0.312 e. The summed E-state index contributed by atoms with van der Waals surface area (Å²) in [5.74, 6) is -1.53. The van der Waals surface area contributed by atoms with Crippen molar-refractivity contribution < 1.29 is 22.2 Å². The molecule has 0 aliphatic carbocycles. The van der Waals surface area contributed by atoms with Crippen LogP contribution in [0.15, 0.2) is 35.2 Å². The molecule has 0 bridgehead atoms. The highest BCUT2D eigenvalue weighted by Gasteiger charge is 2.42. The molecule has 1 amide bonds. The minimum Gasteiger partial charge on any atom is -0.312 e. The van der Waals surface area contributed by atoms with Crippen LogP contribution in [-0.4, -0.2) is 22.3 Å². The molecule has 0 fully saturated rings. The molecule has 0 radical (unpaired) electrons. The molecule has 3 N–H and O–H groups in total. The minimum absolute atomic E-state index is 0.190. The van der Waals surface area contributed by atoms with Crippen LogP contribution >= 0.6 is 0 Å². The molecule has 2 unspecified atom stereocenters. The van der Waals surface area contributed by atoms with Crippen LogP contribution in [0, 0.1) is 0 Å². The average molecular weight is 266 g/mol. The van der Waals surface area contributed by atoms with Crippen LogP contribution < -0.4 is 10.5 Å². The van der Waals surface area contributed by atoms with Gasteiger partial charge in [0, 0.05) is 0 Å². The Labute approximate surface area is 97.6 Å². The van der Waals surface area contributed by atoms with E-state index in [1.807, 2.05) is 0 Å². The monoisotopic (exact) mass is 266 g/mol. The van der Waals surface area contributed by atoms with Crippen molar-refractivity contribution in [2.24, 2.45) is 5.73 Å². The molecule has 0 aliphatic rings. The van der Waals surface area contributed by atoms with Crippen molar-refractivity contribution in [3.8, 4) is 0 Å². The lowest BCUT2D eigenvalue weighted by Crippen LogP contribution is -2.50. The van der Waals surface area contributed by atoms with Gasteiger partial charge in [0.25, 0.3) is 5.91 Å². The molecular weight excluding hydrogens is 257 g/mol. The van der Waals surface area contributed by atoms with E-state index in [4.69, 9.17) is 0 Å². The van der Waals surface area contributed by atoms with E-state index in [9.17, 15) is 22.2 Å². The van der Waals surface area contributed by atoms with E-state index in [2.05, 4.69) is 5.73 Å². The average Bonchev–Trinajstić information content (AvgIpc) is 2.27. The maximum absolute atomic E-state index is 12.1. The molecule has 1 aromatic rings. The molecule has 0 saturated heterocycles. The Morgan fingerprint density at radius 3 is 2.29 bits per heavy atom. The number of hydrogen-bond donors (Lipinski definition) is 2. The topological polar surface area (TPSA) is 72.2 Å². The normalized spacial score (nSPS) is 15.1. The molecule has 0 saturated carbocycles. The Bertz CT molecular complexity index is 422.